The third kappa shape index (κ3) is 7.43. The molecule has 1 aliphatic rings. The number of nitro benzene ring substituents is 3. The fraction of sp³-hybridized carbons (Fsp3) is 0.259. The smallest absolute Gasteiger partial charge is 0.273 e. The first-order valence-corrected chi connectivity index (χ1v) is 12.9. The van der Waals surface area contributed by atoms with Gasteiger partial charge in [-0.15, -0.1) is 0 Å². The molecule has 0 unspecified atom stereocenters. The molecule has 0 amide bonds. The average molecular weight is 594 g/mol. The van der Waals surface area contributed by atoms with Crippen molar-refractivity contribution in [1.82, 2.24) is 9.80 Å². The Morgan fingerprint density at radius 1 is 0.674 bits per heavy atom. The van der Waals surface area contributed by atoms with Gasteiger partial charge in [-0.05, 0) is 18.2 Å². The molecule has 16 heteroatoms. The quantitative estimate of drug-likeness (QED) is 0.157. The maximum atomic E-state index is 11.2. The molecule has 3 aromatic rings. The zero-order valence-electron chi connectivity index (χ0n) is 22.6. The van der Waals surface area contributed by atoms with Gasteiger partial charge in [0.25, 0.3) is 17.1 Å². The monoisotopic (exact) mass is 593 g/mol. The Kier molecular flexibility index (Phi) is 9.54. The number of nitro groups is 3. The molecule has 0 radical (unpaired) electrons. The Balaban J connectivity index is 1.49. The second-order valence-corrected chi connectivity index (χ2v) is 9.52. The van der Waals surface area contributed by atoms with Crippen LogP contribution in [0.25, 0.3) is 0 Å². The Bertz CT molecular complexity index is 1510. The molecule has 16 nitrogen and oxygen atoms in total. The maximum Gasteiger partial charge on any atom is 0.273 e. The highest BCUT2D eigenvalue weighted by atomic mass is 16.6. The summed E-state index contributed by atoms with van der Waals surface area (Å²) in [6.07, 6.45) is 2.18. The fourth-order valence-electron chi connectivity index (χ4n) is 4.67. The van der Waals surface area contributed by atoms with Crippen LogP contribution < -0.4 is 0 Å². The van der Waals surface area contributed by atoms with Crippen molar-refractivity contribution in [2.24, 2.45) is 9.98 Å². The molecule has 0 saturated carbocycles. The second kappa shape index (κ2) is 13.5. The summed E-state index contributed by atoms with van der Waals surface area (Å²) in [7, 11) is 0. The van der Waals surface area contributed by atoms with E-state index in [-0.39, 0.29) is 58.5 Å². The summed E-state index contributed by atoms with van der Waals surface area (Å²) in [5.74, 6) is -0.574. The highest BCUT2D eigenvalue weighted by molar-refractivity contribution is 5.85. The minimum Gasteiger partial charge on any atom is -0.507 e. The number of benzene rings is 3. The van der Waals surface area contributed by atoms with E-state index in [1.807, 2.05) is 9.80 Å². The molecule has 1 fully saturated rings. The first kappa shape index (κ1) is 30.5. The summed E-state index contributed by atoms with van der Waals surface area (Å²) in [6.45, 7) is 2.35. The first-order valence-electron chi connectivity index (χ1n) is 12.9. The summed E-state index contributed by atoms with van der Waals surface area (Å²) in [6, 6.07) is 11.1. The Morgan fingerprint density at radius 3 is 1.51 bits per heavy atom. The molecule has 0 aliphatic carbocycles. The van der Waals surface area contributed by atoms with Gasteiger partial charge in [-0.1, -0.05) is 0 Å². The van der Waals surface area contributed by atoms with Crippen LogP contribution in [0, 0.1) is 30.3 Å². The lowest BCUT2D eigenvalue weighted by Gasteiger charge is -2.30. The van der Waals surface area contributed by atoms with Gasteiger partial charge < -0.3 is 15.3 Å². The van der Waals surface area contributed by atoms with E-state index in [2.05, 4.69) is 9.98 Å². The Morgan fingerprint density at radius 2 is 1.09 bits per heavy atom. The van der Waals surface area contributed by atoms with E-state index in [4.69, 9.17) is 0 Å². The van der Waals surface area contributed by atoms with Crippen molar-refractivity contribution in [3.05, 3.63) is 102 Å². The molecule has 43 heavy (non-hydrogen) atoms. The molecule has 0 atom stereocenters. The lowest BCUT2D eigenvalue weighted by atomic mass is 10.1. The standard InChI is InChI=1S/C27H27N7O9/c35-24-5-2-20(32(38)39)13-18(24)16-28-7-9-30-11-12-31(27(30)23-4-1-22(34(42)43)15-26(23)37)10-8-29-17-19-14-21(33(40)41)3-6-25(19)36/h1-6,13-17,27,35-37H,7-12H2. The first-order chi connectivity index (χ1) is 20.5. The van der Waals surface area contributed by atoms with Gasteiger partial charge in [-0.2, -0.15) is 0 Å². The van der Waals surface area contributed by atoms with Gasteiger partial charge in [0.05, 0.1) is 40.1 Å². The van der Waals surface area contributed by atoms with E-state index in [1.54, 1.807) is 0 Å². The van der Waals surface area contributed by atoms with Crippen LogP contribution in [0.3, 0.4) is 0 Å². The number of rotatable bonds is 12. The zero-order valence-corrected chi connectivity index (χ0v) is 22.6. The molecule has 3 aromatic carbocycles. The maximum absolute atomic E-state index is 11.2. The van der Waals surface area contributed by atoms with Crippen LogP contribution in [0.1, 0.15) is 22.9 Å². The van der Waals surface area contributed by atoms with Crippen LogP contribution >= 0.6 is 0 Å². The number of nitrogens with zero attached hydrogens (tertiary/aromatic N) is 7. The molecule has 1 heterocycles. The van der Waals surface area contributed by atoms with Crippen LogP contribution in [0.5, 0.6) is 17.2 Å². The Labute approximate surface area is 243 Å². The largest absolute Gasteiger partial charge is 0.507 e. The molecule has 4 rings (SSSR count). The molecule has 0 aromatic heterocycles. The van der Waals surface area contributed by atoms with Gasteiger partial charge in [0.2, 0.25) is 0 Å². The molecule has 1 saturated heterocycles. The summed E-state index contributed by atoms with van der Waals surface area (Å²) >= 11 is 0. The van der Waals surface area contributed by atoms with Crippen LogP contribution in [0.15, 0.2) is 64.6 Å². The van der Waals surface area contributed by atoms with Gasteiger partial charge in [0, 0.05) is 85.6 Å². The van der Waals surface area contributed by atoms with Crippen LogP contribution in [0.2, 0.25) is 0 Å². The minimum absolute atomic E-state index is 0.158. The van der Waals surface area contributed by atoms with Crippen molar-refractivity contribution in [2.75, 3.05) is 39.3 Å². The topological polar surface area (TPSA) is 221 Å². The summed E-state index contributed by atoms with van der Waals surface area (Å²) in [5.41, 5.74) is 0.172. The third-order valence-electron chi connectivity index (χ3n) is 6.81. The third-order valence-corrected chi connectivity index (χ3v) is 6.81. The van der Waals surface area contributed by atoms with Gasteiger partial charge in [-0.3, -0.25) is 50.1 Å². The lowest BCUT2D eigenvalue weighted by Crippen LogP contribution is -2.34. The van der Waals surface area contributed by atoms with Crippen LogP contribution in [0.4, 0.5) is 17.1 Å². The molecular weight excluding hydrogens is 566 g/mol. The second-order valence-electron chi connectivity index (χ2n) is 9.52. The molecule has 3 N–H and O–H groups in total. The molecule has 0 spiro atoms. The zero-order chi connectivity index (χ0) is 31.1. The number of phenols is 3. The number of aliphatic imine (C=N–C) groups is 2. The fourth-order valence-corrected chi connectivity index (χ4v) is 4.67. The van der Waals surface area contributed by atoms with Gasteiger partial charge in [0.15, 0.2) is 0 Å². The summed E-state index contributed by atoms with van der Waals surface area (Å²) in [4.78, 5) is 44.1. The van der Waals surface area contributed by atoms with Crippen molar-refractivity contribution in [2.45, 2.75) is 6.17 Å². The molecule has 1 aliphatic heterocycles. The Hall–Kier alpha value is -5.48. The molecular formula is C27H27N7O9. The molecule has 224 valence electrons. The highest BCUT2D eigenvalue weighted by Gasteiger charge is 2.34. The van der Waals surface area contributed by atoms with E-state index in [0.29, 0.717) is 31.7 Å². The van der Waals surface area contributed by atoms with Crippen molar-refractivity contribution >= 4 is 29.5 Å². The number of hydrogen-bond acceptors (Lipinski definition) is 13. The molecule has 0 bridgehead atoms. The van der Waals surface area contributed by atoms with E-state index in [1.165, 1.54) is 61.0 Å². The van der Waals surface area contributed by atoms with Gasteiger partial charge in [0.1, 0.15) is 17.2 Å². The van der Waals surface area contributed by atoms with Crippen LogP contribution in [-0.4, -0.2) is 91.6 Å². The lowest BCUT2D eigenvalue weighted by molar-refractivity contribution is -0.385. The van der Waals surface area contributed by atoms with E-state index >= 15 is 0 Å². The number of hydrogen-bond donors (Lipinski definition) is 3. The van der Waals surface area contributed by atoms with Crippen LogP contribution in [-0.2, 0) is 0 Å². The van der Waals surface area contributed by atoms with E-state index in [0.717, 1.165) is 6.07 Å². The van der Waals surface area contributed by atoms with Gasteiger partial charge >= 0.3 is 0 Å². The van der Waals surface area contributed by atoms with Crippen molar-refractivity contribution < 1.29 is 30.1 Å². The average Bonchev–Trinajstić information content (AvgIpc) is 3.36. The van der Waals surface area contributed by atoms with Crippen molar-refractivity contribution in [3.63, 3.8) is 0 Å². The predicted molar refractivity (Wildman–Crippen MR) is 155 cm³/mol. The summed E-state index contributed by atoms with van der Waals surface area (Å²) in [5, 5.41) is 64.0. The van der Waals surface area contributed by atoms with E-state index in [9.17, 15) is 45.7 Å². The summed E-state index contributed by atoms with van der Waals surface area (Å²) < 4.78 is 0. The SMILES string of the molecule is O=[N+]([O-])c1ccc(C2N(CCN=Cc3cc([N+](=O)[O-])ccc3O)CCN2CCN=Cc2cc([N+](=O)[O-])ccc2O)c(O)c1. The van der Waals surface area contributed by atoms with Gasteiger partial charge in [-0.25, -0.2) is 0 Å². The van der Waals surface area contributed by atoms with Crippen molar-refractivity contribution in [3.8, 4) is 17.2 Å². The number of aromatic hydroxyl groups is 3. The van der Waals surface area contributed by atoms with Crippen molar-refractivity contribution in [1.29, 1.82) is 0 Å². The predicted octanol–water partition coefficient (Wildman–Crippen LogP) is 3.38. The highest BCUT2D eigenvalue weighted by Crippen LogP contribution is 2.36. The minimum atomic E-state index is -0.607. The van der Waals surface area contributed by atoms with E-state index < -0.39 is 20.9 Å². The number of phenolic OH excluding ortho intramolecular Hbond substituents is 3. The number of non-ortho nitro benzene ring substituents is 3. The normalized spacial score (nSPS) is 15.9.